The summed E-state index contributed by atoms with van der Waals surface area (Å²) in [5.74, 6) is 1.47. The van der Waals surface area contributed by atoms with Crippen molar-refractivity contribution in [3.63, 3.8) is 0 Å². The summed E-state index contributed by atoms with van der Waals surface area (Å²) in [5.41, 5.74) is 0.647. The number of likely N-dealkylation sites (tertiary alicyclic amines) is 1. The Bertz CT molecular complexity index is 524. The molecule has 0 saturated carbocycles. The zero-order valence-corrected chi connectivity index (χ0v) is 14.2. The molecule has 1 aromatic carbocycles. The van der Waals surface area contributed by atoms with Crippen LogP contribution in [-0.4, -0.2) is 36.3 Å². The molecule has 1 heterocycles. The number of carbonyl (C=O) groups is 2. The van der Waals surface area contributed by atoms with Crippen molar-refractivity contribution in [2.24, 2.45) is 5.92 Å². The Labute approximate surface area is 138 Å². The molecule has 1 atom stereocenters. The van der Waals surface area contributed by atoms with Crippen LogP contribution in [0.25, 0.3) is 0 Å². The van der Waals surface area contributed by atoms with Gasteiger partial charge in [0.2, 0.25) is 5.91 Å². The van der Waals surface area contributed by atoms with Gasteiger partial charge in [-0.3, -0.25) is 9.59 Å². The molecule has 1 aromatic rings. The number of hydrogen-bond acceptors (Lipinski definition) is 3. The van der Waals surface area contributed by atoms with E-state index in [1.165, 1.54) is 6.42 Å². The summed E-state index contributed by atoms with van der Waals surface area (Å²) in [6.45, 7) is 6.57. The van der Waals surface area contributed by atoms with E-state index in [1.807, 2.05) is 17.0 Å². The van der Waals surface area contributed by atoms with Gasteiger partial charge in [0, 0.05) is 31.5 Å². The first kappa shape index (κ1) is 17.5. The van der Waals surface area contributed by atoms with Crippen LogP contribution in [0, 0.1) is 5.92 Å². The summed E-state index contributed by atoms with van der Waals surface area (Å²) in [4.78, 5) is 26.3. The van der Waals surface area contributed by atoms with Crippen LogP contribution in [-0.2, 0) is 4.79 Å². The molecular weight excluding hydrogens is 290 g/mol. The van der Waals surface area contributed by atoms with Crippen LogP contribution < -0.4 is 4.74 Å². The van der Waals surface area contributed by atoms with Gasteiger partial charge < -0.3 is 9.64 Å². The highest BCUT2D eigenvalue weighted by molar-refractivity contribution is 5.98. The van der Waals surface area contributed by atoms with Gasteiger partial charge in [0.25, 0.3) is 0 Å². The standard InChI is InChI=1S/C19H27NO3/c1-3-13-23-17-8-6-16(7-9-17)18(21)10-11-19(22)20-12-4-5-15(2)14-20/h6-9,15H,3-5,10-14H2,1-2H3. The van der Waals surface area contributed by atoms with Gasteiger partial charge in [-0.25, -0.2) is 0 Å². The third-order valence-corrected chi connectivity index (χ3v) is 4.22. The second kappa shape index (κ2) is 8.70. The first-order chi connectivity index (χ1) is 11.1. The predicted octanol–water partition coefficient (Wildman–Crippen LogP) is 3.70. The Kier molecular flexibility index (Phi) is 6.63. The lowest BCUT2D eigenvalue weighted by molar-refractivity contribution is -0.132. The van der Waals surface area contributed by atoms with Crippen molar-refractivity contribution in [1.82, 2.24) is 4.90 Å². The van der Waals surface area contributed by atoms with E-state index in [0.717, 1.165) is 31.7 Å². The molecule has 0 radical (unpaired) electrons. The van der Waals surface area contributed by atoms with E-state index >= 15 is 0 Å². The number of ketones is 1. The number of Topliss-reactive ketones (excluding diaryl/α,β-unsaturated/α-hetero) is 1. The maximum atomic E-state index is 12.2. The maximum Gasteiger partial charge on any atom is 0.223 e. The molecule has 0 aliphatic carbocycles. The van der Waals surface area contributed by atoms with Crippen molar-refractivity contribution in [2.45, 2.75) is 46.0 Å². The van der Waals surface area contributed by atoms with Crippen LogP contribution in [0.5, 0.6) is 5.75 Å². The lowest BCUT2D eigenvalue weighted by Crippen LogP contribution is -2.39. The number of piperidine rings is 1. The highest BCUT2D eigenvalue weighted by Crippen LogP contribution is 2.18. The number of amides is 1. The molecule has 0 N–H and O–H groups in total. The van der Waals surface area contributed by atoms with Gasteiger partial charge in [-0.1, -0.05) is 13.8 Å². The van der Waals surface area contributed by atoms with Crippen molar-refractivity contribution in [2.75, 3.05) is 19.7 Å². The largest absolute Gasteiger partial charge is 0.494 e. The van der Waals surface area contributed by atoms with Crippen LogP contribution in [0.1, 0.15) is 56.3 Å². The summed E-state index contributed by atoms with van der Waals surface area (Å²) in [5, 5.41) is 0. The smallest absolute Gasteiger partial charge is 0.223 e. The van der Waals surface area contributed by atoms with Crippen LogP contribution >= 0.6 is 0 Å². The first-order valence-corrected chi connectivity index (χ1v) is 8.64. The fourth-order valence-corrected chi connectivity index (χ4v) is 2.90. The second-order valence-electron chi connectivity index (χ2n) is 6.38. The molecule has 0 aromatic heterocycles. The SMILES string of the molecule is CCCOc1ccc(C(=O)CCC(=O)N2CCCC(C)C2)cc1. The van der Waals surface area contributed by atoms with Gasteiger partial charge in [0.15, 0.2) is 5.78 Å². The molecular formula is C19H27NO3. The highest BCUT2D eigenvalue weighted by Gasteiger charge is 2.21. The van der Waals surface area contributed by atoms with Crippen molar-refractivity contribution in [3.05, 3.63) is 29.8 Å². The Morgan fingerprint density at radius 2 is 1.96 bits per heavy atom. The molecule has 1 amide bonds. The second-order valence-corrected chi connectivity index (χ2v) is 6.38. The summed E-state index contributed by atoms with van der Waals surface area (Å²) in [7, 11) is 0. The van der Waals surface area contributed by atoms with Crippen molar-refractivity contribution < 1.29 is 14.3 Å². The van der Waals surface area contributed by atoms with Crippen LogP contribution in [0.2, 0.25) is 0 Å². The average molecular weight is 317 g/mol. The minimum absolute atomic E-state index is 0.0189. The number of ether oxygens (including phenoxy) is 1. The van der Waals surface area contributed by atoms with E-state index in [2.05, 4.69) is 13.8 Å². The Morgan fingerprint density at radius 3 is 2.61 bits per heavy atom. The van der Waals surface area contributed by atoms with Crippen molar-refractivity contribution >= 4 is 11.7 Å². The number of benzene rings is 1. The molecule has 23 heavy (non-hydrogen) atoms. The normalized spacial score (nSPS) is 17.8. The molecule has 4 nitrogen and oxygen atoms in total. The quantitative estimate of drug-likeness (QED) is 0.720. The van der Waals surface area contributed by atoms with E-state index in [4.69, 9.17) is 4.74 Å². The highest BCUT2D eigenvalue weighted by atomic mass is 16.5. The molecule has 1 unspecified atom stereocenters. The summed E-state index contributed by atoms with van der Waals surface area (Å²) < 4.78 is 5.51. The Morgan fingerprint density at radius 1 is 1.22 bits per heavy atom. The summed E-state index contributed by atoms with van der Waals surface area (Å²) in [6, 6.07) is 7.19. The topological polar surface area (TPSA) is 46.6 Å². The van der Waals surface area contributed by atoms with Gasteiger partial charge in [0.05, 0.1) is 6.61 Å². The monoisotopic (exact) mass is 317 g/mol. The van der Waals surface area contributed by atoms with Gasteiger partial charge in [0.1, 0.15) is 5.75 Å². The van der Waals surface area contributed by atoms with E-state index in [1.54, 1.807) is 12.1 Å². The number of rotatable bonds is 7. The molecule has 1 aliphatic heterocycles. The van der Waals surface area contributed by atoms with E-state index in [9.17, 15) is 9.59 Å². The average Bonchev–Trinajstić information content (AvgIpc) is 2.58. The van der Waals surface area contributed by atoms with Crippen molar-refractivity contribution in [1.29, 1.82) is 0 Å². The van der Waals surface area contributed by atoms with Crippen molar-refractivity contribution in [3.8, 4) is 5.75 Å². The Hall–Kier alpha value is -1.84. The first-order valence-electron chi connectivity index (χ1n) is 8.64. The number of nitrogens with zero attached hydrogens (tertiary/aromatic N) is 1. The summed E-state index contributed by atoms with van der Waals surface area (Å²) in [6.07, 6.45) is 3.80. The fourth-order valence-electron chi connectivity index (χ4n) is 2.90. The van der Waals surface area contributed by atoms with E-state index in [0.29, 0.717) is 24.5 Å². The van der Waals surface area contributed by atoms with E-state index < -0.39 is 0 Å². The molecule has 4 heteroatoms. The lowest BCUT2D eigenvalue weighted by atomic mass is 9.99. The third kappa shape index (κ3) is 5.38. The predicted molar refractivity (Wildman–Crippen MR) is 90.8 cm³/mol. The number of carbonyl (C=O) groups excluding carboxylic acids is 2. The molecule has 2 rings (SSSR count). The van der Waals surface area contributed by atoms with Gasteiger partial charge in [-0.15, -0.1) is 0 Å². The van der Waals surface area contributed by atoms with Gasteiger partial charge >= 0.3 is 0 Å². The van der Waals surface area contributed by atoms with Gasteiger partial charge in [-0.05, 0) is 49.4 Å². The zero-order chi connectivity index (χ0) is 16.7. The molecule has 0 bridgehead atoms. The minimum atomic E-state index is 0.0189. The fraction of sp³-hybridized carbons (Fsp3) is 0.579. The number of hydrogen-bond donors (Lipinski definition) is 0. The lowest BCUT2D eigenvalue weighted by Gasteiger charge is -2.31. The Balaban J connectivity index is 1.80. The third-order valence-electron chi connectivity index (χ3n) is 4.22. The molecule has 1 saturated heterocycles. The maximum absolute atomic E-state index is 12.2. The zero-order valence-electron chi connectivity index (χ0n) is 14.2. The van der Waals surface area contributed by atoms with Gasteiger partial charge in [-0.2, -0.15) is 0 Å². The van der Waals surface area contributed by atoms with Crippen LogP contribution in [0.3, 0.4) is 0 Å². The molecule has 1 fully saturated rings. The molecule has 0 spiro atoms. The molecule has 1 aliphatic rings. The van der Waals surface area contributed by atoms with Crippen LogP contribution in [0.15, 0.2) is 24.3 Å². The molecule has 126 valence electrons. The minimum Gasteiger partial charge on any atom is -0.494 e. The van der Waals surface area contributed by atoms with E-state index in [-0.39, 0.29) is 18.1 Å². The summed E-state index contributed by atoms with van der Waals surface area (Å²) >= 11 is 0. The van der Waals surface area contributed by atoms with Crippen LogP contribution in [0.4, 0.5) is 0 Å².